The van der Waals surface area contributed by atoms with Crippen molar-refractivity contribution in [2.75, 3.05) is 13.1 Å². The standard InChI is InChI=1S/C24H21F6N5O3.ClH/c1-13(23(25,26)27)37-19-6-5-14(11-17(19)24(28,29)30)22-33-21(34-38-22)16-3-2-4-18-15(16)7-10-35(18)12-20(36)32-9-8-31;/h2-7,10-11,13H,8-9,12,31H2,1H3,(H,32,36);1H/t13-;/m0./s1. The number of nitrogens with one attached hydrogen (secondary N) is 1. The Morgan fingerprint density at radius 1 is 1.15 bits per heavy atom. The molecule has 0 aliphatic carbocycles. The summed E-state index contributed by atoms with van der Waals surface area (Å²) in [7, 11) is 0. The van der Waals surface area contributed by atoms with Gasteiger partial charge in [-0.25, -0.2) is 0 Å². The van der Waals surface area contributed by atoms with Crippen LogP contribution >= 0.6 is 12.4 Å². The zero-order valence-electron chi connectivity index (χ0n) is 20.1. The number of benzene rings is 2. The molecular formula is C24H22ClF6N5O3. The molecule has 2 heterocycles. The van der Waals surface area contributed by atoms with E-state index in [0.717, 1.165) is 12.1 Å². The van der Waals surface area contributed by atoms with Gasteiger partial charge in [0, 0.05) is 41.3 Å². The van der Waals surface area contributed by atoms with E-state index in [1.54, 1.807) is 35.0 Å². The average Bonchev–Trinajstić information content (AvgIpc) is 3.49. The predicted octanol–water partition coefficient (Wildman–Crippen LogP) is 5.20. The van der Waals surface area contributed by atoms with Crippen LogP contribution in [0.4, 0.5) is 26.3 Å². The van der Waals surface area contributed by atoms with Gasteiger partial charge in [-0.1, -0.05) is 17.3 Å². The van der Waals surface area contributed by atoms with Gasteiger partial charge in [-0.15, -0.1) is 12.4 Å². The van der Waals surface area contributed by atoms with Crippen LogP contribution in [-0.4, -0.2) is 46.0 Å². The van der Waals surface area contributed by atoms with E-state index in [1.165, 1.54) is 0 Å². The van der Waals surface area contributed by atoms with Crippen LogP contribution in [0.25, 0.3) is 33.7 Å². The Labute approximate surface area is 223 Å². The fraction of sp³-hybridized carbons (Fsp3) is 0.292. The Morgan fingerprint density at radius 3 is 2.56 bits per heavy atom. The van der Waals surface area contributed by atoms with Crippen molar-refractivity contribution < 1.29 is 40.4 Å². The van der Waals surface area contributed by atoms with Gasteiger partial charge in [0.15, 0.2) is 6.10 Å². The van der Waals surface area contributed by atoms with E-state index in [1.807, 2.05) is 0 Å². The van der Waals surface area contributed by atoms with Crippen LogP contribution in [0.5, 0.6) is 5.75 Å². The Bertz CT molecular complexity index is 1450. The van der Waals surface area contributed by atoms with Crippen LogP contribution in [-0.2, 0) is 17.5 Å². The SMILES string of the molecule is C[C@H](Oc1ccc(-c2nc(-c3cccc4c3ccn4CC(=O)NCCN)no2)cc1C(F)(F)F)C(F)(F)F.Cl. The first-order chi connectivity index (χ1) is 17.9. The highest BCUT2D eigenvalue weighted by Crippen LogP contribution is 2.40. The molecule has 210 valence electrons. The maximum atomic E-state index is 13.6. The summed E-state index contributed by atoms with van der Waals surface area (Å²) in [5.74, 6) is -1.43. The normalized spacial score (nSPS) is 12.7. The topological polar surface area (TPSA) is 108 Å². The van der Waals surface area contributed by atoms with E-state index >= 15 is 0 Å². The van der Waals surface area contributed by atoms with Gasteiger partial charge in [0.25, 0.3) is 5.89 Å². The first-order valence-electron chi connectivity index (χ1n) is 11.2. The molecule has 4 rings (SSSR count). The molecule has 4 aromatic rings. The smallest absolute Gasteiger partial charge is 0.425 e. The number of rotatable bonds is 8. The first kappa shape index (κ1) is 29.8. The van der Waals surface area contributed by atoms with E-state index in [9.17, 15) is 31.1 Å². The summed E-state index contributed by atoms with van der Waals surface area (Å²) < 4.78 is 90.8. The number of carbonyl (C=O) groups excluding carboxylic acids is 1. The lowest BCUT2D eigenvalue weighted by Gasteiger charge is -2.20. The summed E-state index contributed by atoms with van der Waals surface area (Å²) in [6.45, 7) is 1.28. The molecule has 1 atom stereocenters. The van der Waals surface area contributed by atoms with Gasteiger partial charge in [-0.05, 0) is 37.3 Å². The summed E-state index contributed by atoms with van der Waals surface area (Å²) in [6, 6.07) is 9.33. The van der Waals surface area contributed by atoms with Crippen molar-refractivity contribution in [2.24, 2.45) is 5.73 Å². The van der Waals surface area contributed by atoms with Crippen LogP contribution in [0.3, 0.4) is 0 Å². The molecule has 39 heavy (non-hydrogen) atoms. The maximum Gasteiger partial charge on any atom is 0.425 e. The molecule has 0 unspecified atom stereocenters. The largest absolute Gasteiger partial charge is 0.481 e. The minimum atomic E-state index is -5.01. The van der Waals surface area contributed by atoms with Gasteiger partial charge in [-0.3, -0.25) is 4.79 Å². The number of hydrogen-bond donors (Lipinski definition) is 2. The van der Waals surface area contributed by atoms with E-state index in [2.05, 4.69) is 20.2 Å². The predicted molar refractivity (Wildman–Crippen MR) is 131 cm³/mol. The van der Waals surface area contributed by atoms with Crippen LogP contribution in [0.15, 0.2) is 53.2 Å². The highest BCUT2D eigenvalue weighted by molar-refractivity contribution is 5.94. The molecule has 0 aliphatic rings. The second kappa shape index (κ2) is 11.5. The number of hydrogen-bond acceptors (Lipinski definition) is 6. The van der Waals surface area contributed by atoms with Crippen molar-refractivity contribution >= 4 is 29.2 Å². The Kier molecular flexibility index (Phi) is 8.80. The summed E-state index contributed by atoms with van der Waals surface area (Å²) in [4.78, 5) is 16.3. The van der Waals surface area contributed by atoms with E-state index in [0.29, 0.717) is 42.5 Å². The van der Waals surface area contributed by atoms with Gasteiger partial charge < -0.3 is 24.9 Å². The lowest BCUT2D eigenvalue weighted by Crippen LogP contribution is -2.31. The molecule has 1 amide bonds. The van der Waals surface area contributed by atoms with Gasteiger partial charge in [0.2, 0.25) is 11.7 Å². The van der Waals surface area contributed by atoms with Crippen LogP contribution in [0.2, 0.25) is 0 Å². The van der Waals surface area contributed by atoms with Crippen LogP contribution < -0.4 is 15.8 Å². The molecule has 0 saturated carbocycles. The summed E-state index contributed by atoms with van der Waals surface area (Å²) in [6.07, 6.45) is -10.6. The molecule has 0 spiro atoms. The molecule has 0 radical (unpaired) electrons. The molecule has 0 saturated heterocycles. The minimum Gasteiger partial charge on any atom is -0.481 e. The Morgan fingerprint density at radius 2 is 1.90 bits per heavy atom. The molecular weight excluding hydrogens is 556 g/mol. The zero-order valence-corrected chi connectivity index (χ0v) is 21.0. The quantitative estimate of drug-likeness (QED) is 0.279. The third-order valence-electron chi connectivity index (χ3n) is 5.56. The van der Waals surface area contributed by atoms with Crippen LogP contribution in [0.1, 0.15) is 12.5 Å². The number of alkyl halides is 6. The number of nitrogens with two attached hydrogens (primary N) is 1. The summed E-state index contributed by atoms with van der Waals surface area (Å²) in [5, 5.41) is 7.20. The van der Waals surface area contributed by atoms with Crippen molar-refractivity contribution in [1.82, 2.24) is 20.0 Å². The number of fused-ring (bicyclic) bond motifs is 1. The molecule has 8 nitrogen and oxygen atoms in total. The number of halogens is 7. The van der Waals surface area contributed by atoms with Crippen molar-refractivity contribution in [3.05, 3.63) is 54.2 Å². The molecule has 15 heteroatoms. The van der Waals surface area contributed by atoms with E-state index in [4.69, 9.17) is 10.3 Å². The Balaban J connectivity index is 0.00000420. The van der Waals surface area contributed by atoms with E-state index in [-0.39, 0.29) is 42.1 Å². The third kappa shape index (κ3) is 6.63. The fourth-order valence-corrected chi connectivity index (χ4v) is 3.67. The van der Waals surface area contributed by atoms with E-state index < -0.39 is 29.8 Å². The Hall–Kier alpha value is -3.78. The summed E-state index contributed by atoms with van der Waals surface area (Å²) >= 11 is 0. The van der Waals surface area contributed by atoms with Crippen molar-refractivity contribution in [2.45, 2.75) is 31.9 Å². The first-order valence-corrected chi connectivity index (χ1v) is 11.2. The lowest BCUT2D eigenvalue weighted by molar-refractivity contribution is -0.191. The molecule has 3 N–H and O–H groups in total. The molecule has 0 fully saturated rings. The van der Waals surface area contributed by atoms with Gasteiger partial charge in [0.05, 0.1) is 5.56 Å². The average molecular weight is 578 g/mol. The van der Waals surface area contributed by atoms with Crippen molar-refractivity contribution in [1.29, 1.82) is 0 Å². The highest BCUT2D eigenvalue weighted by atomic mass is 35.5. The fourth-order valence-electron chi connectivity index (χ4n) is 3.67. The number of amides is 1. The van der Waals surface area contributed by atoms with Gasteiger partial charge >= 0.3 is 12.4 Å². The number of carbonyl (C=O) groups is 1. The number of ether oxygens (including phenoxy) is 1. The highest BCUT2D eigenvalue weighted by Gasteiger charge is 2.41. The zero-order chi connectivity index (χ0) is 27.7. The third-order valence-corrected chi connectivity index (χ3v) is 5.56. The molecule has 2 aromatic carbocycles. The van der Waals surface area contributed by atoms with Gasteiger partial charge in [-0.2, -0.15) is 31.3 Å². The second-order valence-electron chi connectivity index (χ2n) is 8.25. The minimum absolute atomic E-state index is 0. The number of nitrogens with zero attached hydrogens (tertiary/aromatic N) is 3. The maximum absolute atomic E-state index is 13.6. The molecule has 0 aliphatic heterocycles. The molecule has 2 aromatic heterocycles. The van der Waals surface area contributed by atoms with Crippen molar-refractivity contribution in [3.63, 3.8) is 0 Å². The number of aromatic nitrogens is 3. The van der Waals surface area contributed by atoms with Gasteiger partial charge in [0.1, 0.15) is 12.3 Å². The molecule has 0 bridgehead atoms. The monoisotopic (exact) mass is 577 g/mol. The lowest BCUT2D eigenvalue weighted by atomic mass is 10.1. The summed E-state index contributed by atoms with van der Waals surface area (Å²) in [5.41, 5.74) is 4.98. The second-order valence-corrected chi connectivity index (χ2v) is 8.25. The van der Waals surface area contributed by atoms with Crippen molar-refractivity contribution in [3.8, 4) is 28.6 Å². The van der Waals surface area contributed by atoms with Crippen LogP contribution in [0, 0.1) is 0 Å².